The molecule has 0 spiro atoms. The van der Waals surface area contributed by atoms with Gasteiger partial charge in [0.1, 0.15) is 0 Å². The van der Waals surface area contributed by atoms with Crippen LogP contribution in [0, 0.1) is 0 Å². The summed E-state index contributed by atoms with van der Waals surface area (Å²) >= 11 is 0. The minimum absolute atomic E-state index is 0.0362. The molecule has 0 aromatic rings. The Kier molecular flexibility index (Phi) is 49.6. The monoisotopic (exact) mass is 870 g/mol. The van der Waals surface area contributed by atoms with Crippen molar-refractivity contribution in [3.63, 3.8) is 0 Å². The molecule has 0 radical (unpaired) electrons. The Bertz CT molecular complexity index is 1050. The Hall–Kier alpha value is -2.18. The summed E-state index contributed by atoms with van der Waals surface area (Å²) in [4.78, 5) is 24.5. The molecule has 0 saturated carbocycles. The maximum Gasteiger partial charge on any atom is 0.305 e. The Morgan fingerprint density at radius 3 is 1.35 bits per heavy atom. The van der Waals surface area contributed by atoms with Gasteiger partial charge >= 0.3 is 5.97 Å². The van der Waals surface area contributed by atoms with E-state index >= 15 is 0 Å². The largest absolute Gasteiger partial charge is 0.466 e. The number of allylic oxidation sites excluding steroid dienone is 8. The normalized spacial score (nSPS) is 13.0. The average molecular weight is 870 g/mol. The van der Waals surface area contributed by atoms with Crippen molar-refractivity contribution in [2.24, 2.45) is 0 Å². The molecule has 0 aliphatic carbocycles. The van der Waals surface area contributed by atoms with Crippen molar-refractivity contribution >= 4 is 11.9 Å². The summed E-state index contributed by atoms with van der Waals surface area (Å²) in [6, 6.07) is -0.559. The third-order valence-electron chi connectivity index (χ3n) is 12.1. The molecule has 6 nitrogen and oxygen atoms in total. The molecule has 1 amide bonds. The SMILES string of the molecule is CCCCC/C=C\C/C=C\CCCCCCCC(=O)OCCCCC/C=C\C=C/CCCCCCCCC(=O)NC(CO)C(O)CCCCCCCCCCCCCCCCC. The van der Waals surface area contributed by atoms with Crippen LogP contribution in [-0.4, -0.2) is 47.4 Å². The molecule has 62 heavy (non-hydrogen) atoms. The van der Waals surface area contributed by atoms with Crippen LogP contribution >= 0.6 is 0 Å². The second-order valence-corrected chi connectivity index (χ2v) is 18.2. The molecule has 0 fully saturated rings. The zero-order valence-corrected chi connectivity index (χ0v) is 41.1. The molecular weight excluding hydrogens is 767 g/mol. The highest BCUT2D eigenvalue weighted by molar-refractivity contribution is 5.76. The summed E-state index contributed by atoms with van der Waals surface area (Å²) in [5, 5.41) is 23.2. The number of aliphatic hydroxyl groups is 2. The zero-order chi connectivity index (χ0) is 45.1. The molecule has 362 valence electrons. The van der Waals surface area contributed by atoms with Crippen LogP contribution in [-0.2, 0) is 14.3 Å². The number of esters is 1. The summed E-state index contributed by atoms with van der Waals surface area (Å²) in [5.74, 6) is -0.0948. The van der Waals surface area contributed by atoms with E-state index in [0.29, 0.717) is 25.9 Å². The molecule has 0 saturated heterocycles. The highest BCUT2D eigenvalue weighted by Gasteiger charge is 2.20. The maximum absolute atomic E-state index is 12.4. The number of amides is 1. The van der Waals surface area contributed by atoms with Crippen molar-refractivity contribution in [1.82, 2.24) is 5.32 Å². The Morgan fingerprint density at radius 2 is 0.855 bits per heavy atom. The average Bonchev–Trinajstić information content (AvgIpc) is 3.27. The van der Waals surface area contributed by atoms with Crippen molar-refractivity contribution < 1.29 is 24.5 Å². The number of hydrogen-bond donors (Lipinski definition) is 3. The molecule has 0 bridgehead atoms. The van der Waals surface area contributed by atoms with Crippen LogP contribution in [0.3, 0.4) is 0 Å². The second kappa shape index (κ2) is 51.5. The fraction of sp³-hybridized carbons (Fsp3) is 0.821. The Morgan fingerprint density at radius 1 is 0.468 bits per heavy atom. The Labute approximate surface area is 385 Å². The van der Waals surface area contributed by atoms with Gasteiger partial charge in [0.2, 0.25) is 5.91 Å². The van der Waals surface area contributed by atoms with Crippen LogP contribution < -0.4 is 5.32 Å². The predicted octanol–water partition coefficient (Wildman–Crippen LogP) is 16.2. The number of carbonyl (C=O) groups is 2. The number of nitrogens with one attached hydrogen (secondary N) is 1. The van der Waals surface area contributed by atoms with E-state index in [1.54, 1.807) is 0 Å². The zero-order valence-electron chi connectivity index (χ0n) is 41.1. The van der Waals surface area contributed by atoms with Crippen molar-refractivity contribution in [3.05, 3.63) is 48.6 Å². The minimum Gasteiger partial charge on any atom is -0.466 e. The molecule has 2 unspecified atom stereocenters. The van der Waals surface area contributed by atoms with E-state index in [2.05, 4.69) is 67.8 Å². The molecule has 0 heterocycles. The van der Waals surface area contributed by atoms with Gasteiger partial charge in [0, 0.05) is 12.8 Å². The maximum atomic E-state index is 12.4. The lowest BCUT2D eigenvalue weighted by Gasteiger charge is -2.22. The predicted molar refractivity (Wildman–Crippen MR) is 269 cm³/mol. The standard InChI is InChI=1S/C56H103NO5/c1-3-5-7-9-11-13-15-17-20-24-28-32-36-40-44-48-54(59)53(52-58)57-55(60)49-45-41-37-33-29-25-22-19-23-27-31-35-39-43-47-51-62-56(61)50-46-42-38-34-30-26-21-18-16-14-12-10-8-6-4-2/h12,14,18-19,21,23,27,31,53-54,58-59H,3-11,13,15-17,20,22,24-26,28-30,32-52H2,1-2H3,(H,57,60)/b14-12-,21-18-,23-19-,31-27-. The van der Waals surface area contributed by atoms with Crippen molar-refractivity contribution in [2.45, 2.75) is 283 Å². The third kappa shape index (κ3) is 47.3. The topological polar surface area (TPSA) is 95.9 Å². The number of unbranched alkanes of at least 4 members (excludes halogenated alkanes) is 31. The van der Waals surface area contributed by atoms with Crippen LogP contribution in [0.15, 0.2) is 48.6 Å². The fourth-order valence-electron chi connectivity index (χ4n) is 7.95. The summed E-state index contributed by atoms with van der Waals surface area (Å²) in [6.45, 7) is 4.86. The molecule has 6 heteroatoms. The van der Waals surface area contributed by atoms with E-state index < -0.39 is 12.1 Å². The molecule has 2 atom stereocenters. The van der Waals surface area contributed by atoms with Gasteiger partial charge in [-0.3, -0.25) is 9.59 Å². The van der Waals surface area contributed by atoms with Crippen molar-refractivity contribution in [3.8, 4) is 0 Å². The van der Waals surface area contributed by atoms with Crippen LogP contribution in [0.25, 0.3) is 0 Å². The van der Waals surface area contributed by atoms with E-state index in [0.717, 1.165) is 89.9 Å². The highest BCUT2D eigenvalue weighted by atomic mass is 16.5. The van der Waals surface area contributed by atoms with Crippen LogP contribution in [0.5, 0.6) is 0 Å². The van der Waals surface area contributed by atoms with E-state index in [-0.39, 0.29) is 18.5 Å². The number of ether oxygens (including phenoxy) is 1. The highest BCUT2D eigenvalue weighted by Crippen LogP contribution is 2.16. The summed E-state index contributed by atoms with van der Waals surface area (Å²) in [6.07, 6.45) is 63.7. The van der Waals surface area contributed by atoms with Gasteiger partial charge in [-0.25, -0.2) is 0 Å². The van der Waals surface area contributed by atoms with Gasteiger partial charge in [0.25, 0.3) is 0 Å². The smallest absolute Gasteiger partial charge is 0.305 e. The number of hydrogen-bond acceptors (Lipinski definition) is 5. The van der Waals surface area contributed by atoms with E-state index in [1.165, 1.54) is 148 Å². The van der Waals surface area contributed by atoms with Gasteiger partial charge in [-0.2, -0.15) is 0 Å². The lowest BCUT2D eigenvalue weighted by Crippen LogP contribution is -2.45. The van der Waals surface area contributed by atoms with Gasteiger partial charge in [-0.15, -0.1) is 0 Å². The molecule has 3 N–H and O–H groups in total. The molecule has 0 aromatic carbocycles. The molecule has 0 aromatic heterocycles. The minimum atomic E-state index is -0.680. The number of aliphatic hydroxyl groups excluding tert-OH is 2. The summed E-state index contributed by atoms with van der Waals surface area (Å²) in [7, 11) is 0. The first-order valence-electron chi connectivity index (χ1n) is 26.9. The Balaban J connectivity index is 3.54. The van der Waals surface area contributed by atoms with E-state index in [1.807, 2.05) is 0 Å². The lowest BCUT2D eigenvalue weighted by atomic mass is 10.0. The van der Waals surface area contributed by atoms with Crippen LogP contribution in [0.4, 0.5) is 0 Å². The van der Waals surface area contributed by atoms with Gasteiger partial charge in [0.05, 0.1) is 25.4 Å². The first kappa shape index (κ1) is 59.8. The van der Waals surface area contributed by atoms with Gasteiger partial charge in [0.15, 0.2) is 0 Å². The number of rotatable bonds is 49. The third-order valence-corrected chi connectivity index (χ3v) is 12.1. The van der Waals surface area contributed by atoms with E-state index in [4.69, 9.17) is 4.74 Å². The van der Waals surface area contributed by atoms with E-state index in [9.17, 15) is 19.8 Å². The van der Waals surface area contributed by atoms with Gasteiger partial charge in [-0.05, 0) is 89.9 Å². The first-order chi connectivity index (χ1) is 30.5. The molecule has 0 aliphatic heterocycles. The first-order valence-corrected chi connectivity index (χ1v) is 26.9. The molecule has 0 rings (SSSR count). The summed E-state index contributed by atoms with van der Waals surface area (Å²) < 4.78 is 5.43. The van der Waals surface area contributed by atoms with Crippen LogP contribution in [0.1, 0.15) is 271 Å². The quantitative estimate of drug-likeness (QED) is 0.0245. The second-order valence-electron chi connectivity index (χ2n) is 18.2. The summed E-state index contributed by atoms with van der Waals surface area (Å²) in [5.41, 5.74) is 0. The van der Waals surface area contributed by atoms with Crippen LogP contribution in [0.2, 0.25) is 0 Å². The van der Waals surface area contributed by atoms with Crippen molar-refractivity contribution in [1.29, 1.82) is 0 Å². The fourth-order valence-corrected chi connectivity index (χ4v) is 7.95. The lowest BCUT2D eigenvalue weighted by molar-refractivity contribution is -0.143. The van der Waals surface area contributed by atoms with Gasteiger partial charge < -0.3 is 20.3 Å². The number of carbonyl (C=O) groups excluding carboxylic acids is 2. The van der Waals surface area contributed by atoms with Crippen molar-refractivity contribution in [2.75, 3.05) is 13.2 Å². The molecule has 0 aliphatic rings. The molecular formula is C56H103NO5. The van der Waals surface area contributed by atoms with Gasteiger partial charge in [-0.1, -0.05) is 217 Å².